The summed E-state index contributed by atoms with van der Waals surface area (Å²) in [6.07, 6.45) is 0.497. The Kier molecular flexibility index (Phi) is 5.24. The lowest BCUT2D eigenvalue weighted by Gasteiger charge is -2.14. The quantitative estimate of drug-likeness (QED) is 0.635. The maximum absolute atomic E-state index is 12.8. The van der Waals surface area contributed by atoms with E-state index in [0.29, 0.717) is 47.1 Å². The van der Waals surface area contributed by atoms with Crippen LogP contribution in [0.15, 0.2) is 47.3 Å². The van der Waals surface area contributed by atoms with Crippen LogP contribution in [0.1, 0.15) is 11.4 Å². The van der Waals surface area contributed by atoms with E-state index in [4.69, 9.17) is 21.1 Å². The zero-order valence-corrected chi connectivity index (χ0v) is 14.9. The Bertz CT molecular complexity index is 953. The zero-order valence-electron chi connectivity index (χ0n) is 14.2. The summed E-state index contributed by atoms with van der Waals surface area (Å²) in [6, 6.07) is 13.0. The van der Waals surface area contributed by atoms with Crippen LogP contribution in [0.25, 0.3) is 10.9 Å². The molecule has 3 rings (SSSR count). The number of benzene rings is 2. The largest absolute Gasteiger partial charge is 0.493 e. The van der Waals surface area contributed by atoms with Crippen LogP contribution < -0.4 is 15.0 Å². The zero-order chi connectivity index (χ0) is 17.8. The molecule has 2 aromatic carbocycles. The van der Waals surface area contributed by atoms with Crippen LogP contribution in [0, 0.1) is 0 Å². The number of alkyl halides is 1. The Morgan fingerprint density at radius 3 is 2.56 bits per heavy atom. The molecule has 0 atom stereocenters. The second kappa shape index (κ2) is 7.57. The highest BCUT2D eigenvalue weighted by Gasteiger charge is 2.12. The first-order valence-electron chi connectivity index (χ1n) is 7.93. The predicted octanol–water partition coefficient (Wildman–Crippen LogP) is 3.24. The molecule has 0 aliphatic rings. The van der Waals surface area contributed by atoms with E-state index in [1.165, 1.54) is 0 Å². The number of para-hydroxylation sites is 1. The van der Waals surface area contributed by atoms with Crippen LogP contribution in [0.3, 0.4) is 0 Å². The summed E-state index contributed by atoms with van der Waals surface area (Å²) < 4.78 is 12.3. The Morgan fingerprint density at radius 2 is 1.84 bits per heavy atom. The van der Waals surface area contributed by atoms with E-state index >= 15 is 0 Å². The Balaban J connectivity index is 2.09. The standard InChI is InChI=1S/C19H19ClN2O3/c1-24-16-8-7-13(11-17(16)25-2)12-18-21-15-6-4-3-5-14(15)19(23)22(18)10-9-20/h3-8,11H,9-10,12H2,1-2H3. The molecule has 0 amide bonds. The SMILES string of the molecule is COc1ccc(Cc2nc3ccccc3c(=O)n2CCCl)cc1OC. The van der Waals surface area contributed by atoms with E-state index in [9.17, 15) is 4.79 Å². The topological polar surface area (TPSA) is 53.3 Å². The minimum absolute atomic E-state index is 0.0678. The number of rotatable bonds is 6. The summed E-state index contributed by atoms with van der Waals surface area (Å²) in [7, 11) is 3.19. The number of hydrogen-bond acceptors (Lipinski definition) is 4. The van der Waals surface area contributed by atoms with Crippen LogP contribution in [0.2, 0.25) is 0 Å². The molecule has 25 heavy (non-hydrogen) atoms. The Hall–Kier alpha value is -2.53. The molecule has 0 saturated heterocycles. The van der Waals surface area contributed by atoms with E-state index in [0.717, 1.165) is 5.56 Å². The lowest BCUT2D eigenvalue weighted by atomic mass is 10.1. The number of methoxy groups -OCH3 is 2. The minimum Gasteiger partial charge on any atom is -0.493 e. The van der Waals surface area contributed by atoms with Gasteiger partial charge in [0.2, 0.25) is 0 Å². The highest BCUT2D eigenvalue weighted by atomic mass is 35.5. The molecule has 0 aliphatic carbocycles. The molecule has 3 aromatic rings. The van der Waals surface area contributed by atoms with Gasteiger partial charge < -0.3 is 9.47 Å². The Labute approximate surface area is 150 Å². The van der Waals surface area contributed by atoms with Gasteiger partial charge in [0.25, 0.3) is 5.56 Å². The molecule has 0 N–H and O–H groups in total. The second-order valence-corrected chi connectivity index (χ2v) is 5.94. The number of halogens is 1. The fourth-order valence-corrected chi connectivity index (χ4v) is 3.01. The average molecular weight is 359 g/mol. The molecule has 130 valence electrons. The monoisotopic (exact) mass is 358 g/mol. The van der Waals surface area contributed by atoms with Gasteiger partial charge in [0.05, 0.1) is 25.1 Å². The van der Waals surface area contributed by atoms with Gasteiger partial charge in [-0.25, -0.2) is 4.98 Å². The fourth-order valence-electron chi connectivity index (χ4n) is 2.84. The van der Waals surface area contributed by atoms with Crippen molar-refractivity contribution in [2.75, 3.05) is 20.1 Å². The summed E-state index contributed by atoms with van der Waals surface area (Å²) in [4.78, 5) is 17.5. The summed E-state index contributed by atoms with van der Waals surface area (Å²) in [5, 5.41) is 0.601. The van der Waals surface area contributed by atoms with Gasteiger partial charge in [0, 0.05) is 18.8 Å². The summed E-state index contributed by atoms with van der Waals surface area (Å²) >= 11 is 5.90. The van der Waals surface area contributed by atoms with E-state index < -0.39 is 0 Å². The molecule has 0 spiro atoms. The Morgan fingerprint density at radius 1 is 1.08 bits per heavy atom. The van der Waals surface area contributed by atoms with E-state index in [1.54, 1.807) is 24.9 Å². The van der Waals surface area contributed by atoms with Gasteiger partial charge >= 0.3 is 0 Å². The first-order chi connectivity index (χ1) is 12.2. The van der Waals surface area contributed by atoms with Crippen molar-refractivity contribution in [3.63, 3.8) is 0 Å². The molecular formula is C19H19ClN2O3. The first kappa shape index (κ1) is 17.3. The third-order valence-electron chi connectivity index (χ3n) is 4.06. The molecule has 0 unspecified atom stereocenters. The number of aromatic nitrogens is 2. The van der Waals surface area contributed by atoms with Gasteiger partial charge in [-0.2, -0.15) is 0 Å². The fraction of sp³-hybridized carbons (Fsp3) is 0.263. The van der Waals surface area contributed by atoms with E-state index in [-0.39, 0.29) is 5.56 Å². The summed E-state index contributed by atoms with van der Waals surface area (Å²) in [5.74, 6) is 2.33. The maximum atomic E-state index is 12.8. The van der Waals surface area contributed by atoms with E-state index in [1.807, 2.05) is 36.4 Å². The van der Waals surface area contributed by atoms with Gasteiger partial charge in [-0.1, -0.05) is 18.2 Å². The third-order valence-corrected chi connectivity index (χ3v) is 4.23. The normalized spacial score (nSPS) is 10.8. The third kappa shape index (κ3) is 3.46. The number of nitrogens with zero attached hydrogens (tertiary/aromatic N) is 2. The molecule has 0 radical (unpaired) electrons. The van der Waals surface area contributed by atoms with Crippen molar-refractivity contribution in [2.24, 2.45) is 0 Å². The van der Waals surface area contributed by atoms with Crippen molar-refractivity contribution in [3.8, 4) is 11.5 Å². The smallest absolute Gasteiger partial charge is 0.261 e. The molecule has 0 saturated carbocycles. The van der Waals surface area contributed by atoms with Crippen LogP contribution in [0.4, 0.5) is 0 Å². The van der Waals surface area contributed by atoms with Crippen molar-refractivity contribution in [1.82, 2.24) is 9.55 Å². The summed E-state index contributed by atoms with van der Waals surface area (Å²) in [6.45, 7) is 0.418. The van der Waals surface area contributed by atoms with Gasteiger partial charge in [-0.05, 0) is 29.8 Å². The average Bonchev–Trinajstić information content (AvgIpc) is 2.64. The van der Waals surface area contributed by atoms with Crippen LogP contribution in [-0.2, 0) is 13.0 Å². The predicted molar refractivity (Wildman–Crippen MR) is 99.1 cm³/mol. The lowest BCUT2D eigenvalue weighted by molar-refractivity contribution is 0.354. The first-order valence-corrected chi connectivity index (χ1v) is 8.46. The van der Waals surface area contributed by atoms with Crippen LogP contribution in [-0.4, -0.2) is 29.7 Å². The van der Waals surface area contributed by atoms with Crippen LogP contribution in [0.5, 0.6) is 11.5 Å². The van der Waals surface area contributed by atoms with Crippen molar-refractivity contribution < 1.29 is 9.47 Å². The highest BCUT2D eigenvalue weighted by Crippen LogP contribution is 2.28. The second-order valence-electron chi connectivity index (χ2n) is 5.56. The molecule has 5 nitrogen and oxygen atoms in total. The minimum atomic E-state index is -0.0678. The van der Waals surface area contributed by atoms with E-state index in [2.05, 4.69) is 4.98 Å². The van der Waals surface area contributed by atoms with Gasteiger partial charge in [-0.3, -0.25) is 9.36 Å². The van der Waals surface area contributed by atoms with Gasteiger partial charge in [0.15, 0.2) is 11.5 Å². The van der Waals surface area contributed by atoms with Gasteiger partial charge in [-0.15, -0.1) is 11.6 Å². The van der Waals surface area contributed by atoms with Crippen molar-refractivity contribution in [3.05, 3.63) is 64.2 Å². The molecule has 0 fully saturated rings. The molecule has 6 heteroatoms. The van der Waals surface area contributed by atoms with Gasteiger partial charge in [0.1, 0.15) is 5.82 Å². The molecule has 0 bridgehead atoms. The number of ether oxygens (including phenoxy) is 2. The lowest BCUT2D eigenvalue weighted by Crippen LogP contribution is -2.26. The molecular weight excluding hydrogens is 340 g/mol. The number of fused-ring (bicyclic) bond motifs is 1. The molecule has 0 aliphatic heterocycles. The van der Waals surface area contributed by atoms with Crippen LogP contribution >= 0.6 is 11.6 Å². The molecule has 1 aromatic heterocycles. The van der Waals surface area contributed by atoms with Crippen molar-refractivity contribution in [1.29, 1.82) is 0 Å². The summed E-state index contributed by atoms with van der Waals surface area (Å²) in [5.41, 5.74) is 1.60. The highest BCUT2D eigenvalue weighted by molar-refractivity contribution is 6.17. The maximum Gasteiger partial charge on any atom is 0.261 e. The number of hydrogen-bond donors (Lipinski definition) is 0. The van der Waals surface area contributed by atoms with Crippen molar-refractivity contribution >= 4 is 22.5 Å². The van der Waals surface area contributed by atoms with Crippen molar-refractivity contribution in [2.45, 2.75) is 13.0 Å². The molecule has 1 heterocycles.